The lowest BCUT2D eigenvalue weighted by Crippen LogP contribution is -2.27. The highest BCUT2D eigenvalue weighted by molar-refractivity contribution is 5.93. The molecule has 6 heteroatoms. The Morgan fingerprint density at radius 2 is 1.81 bits per heavy atom. The summed E-state index contributed by atoms with van der Waals surface area (Å²) in [6, 6.07) is 12.0. The minimum Gasteiger partial charge on any atom is -0.455 e. The lowest BCUT2D eigenvalue weighted by atomic mass is 9.86. The van der Waals surface area contributed by atoms with Gasteiger partial charge in [0, 0.05) is 6.07 Å². The molecule has 0 unspecified atom stereocenters. The molecule has 0 radical (unpaired) electrons. The number of rotatable bonds is 7. The Morgan fingerprint density at radius 3 is 2.42 bits per heavy atom. The van der Waals surface area contributed by atoms with Crippen LogP contribution in [0.3, 0.4) is 0 Å². The number of amides is 1. The van der Waals surface area contributed by atoms with Crippen LogP contribution in [0.2, 0.25) is 0 Å². The monoisotopic (exact) mass is 361 g/mol. The highest BCUT2D eigenvalue weighted by atomic mass is 19.1. The minimum atomic E-state index is -0.897. The first kappa shape index (κ1) is 19.6. The molecule has 0 heterocycles. The van der Waals surface area contributed by atoms with E-state index in [0.29, 0.717) is 6.07 Å². The van der Waals surface area contributed by atoms with E-state index < -0.39 is 36.0 Å². The lowest BCUT2D eigenvalue weighted by molar-refractivity contribution is -0.150. The summed E-state index contributed by atoms with van der Waals surface area (Å²) in [6.07, 6.45) is 0.766. The van der Waals surface area contributed by atoms with E-state index in [1.807, 2.05) is 44.2 Å². The Kier molecular flexibility index (Phi) is 6.83. The number of ether oxygens (including phenoxy) is 1. The van der Waals surface area contributed by atoms with E-state index in [0.717, 1.165) is 24.1 Å². The van der Waals surface area contributed by atoms with E-state index in [9.17, 15) is 18.4 Å². The second-order valence-electron chi connectivity index (χ2n) is 6.05. The second kappa shape index (κ2) is 9.08. The second-order valence-corrected chi connectivity index (χ2v) is 6.05. The third kappa shape index (κ3) is 5.12. The summed E-state index contributed by atoms with van der Waals surface area (Å²) in [5.41, 5.74) is 0.644. The van der Waals surface area contributed by atoms with E-state index in [4.69, 9.17) is 4.74 Å². The summed E-state index contributed by atoms with van der Waals surface area (Å²) >= 11 is 0. The fraction of sp³-hybridized carbons (Fsp3) is 0.300. The van der Waals surface area contributed by atoms with Gasteiger partial charge in [0.1, 0.15) is 11.6 Å². The Labute approximate surface area is 151 Å². The quantitative estimate of drug-likeness (QED) is 0.749. The summed E-state index contributed by atoms with van der Waals surface area (Å²) < 4.78 is 31.6. The van der Waals surface area contributed by atoms with Crippen LogP contribution in [-0.2, 0) is 14.3 Å². The van der Waals surface area contributed by atoms with Gasteiger partial charge < -0.3 is 10.1 Å². The van der Waals surface area contributed by atoms with Gasteiger partial charge in [-0.05, 0) is 23.6 Å². The molecule has 0 aliphatic carbocycles. The third-order valence-corrected chi connectivity index (χ3v) is 4.18. The first-order valence-corrected chi connectivity index (χ1v) is 8.38. The van der Waals surface area contributed by atoms with Crippen LogP contribution < -0.4 is 5.32 Å². The summed E-state index contributed by atoms with van der Waals surface area (Å²) in [5, 5.41) is 2.26. The van der Waals surface area contributed by atoms with Gasteiger partial charge in [0.2, 0.25) is 0 Å². The number of halogens is 2. The van der Waals surface area contributed by atoms with Crippen molar-refractivity contribution in [2.45, 2.75) is 26.2 Å². The van der Waals surface area contributed by atoms with E-state index in [1.54, 1.807) is 0 Å². The molecule has 2 aromatic carbocycles. The van der Waals surface area contributed by atoms with E-state index in [2.05, 4.69) is 5.32 Å². The molecule has 0 aliphatic rings. The molecule has 26 heavy (non-hydrogen) atoms. The average Bonchev–Trinajstić information content (AvgIpc) is 2.63. The van der Waals surface area contributed by atoms with Gasteiger partial charge in [0.15, 0.2) is 6.61 Å². The molecule has 2 atom stereocenters. The molecule has 0 saturated carbocycles. The SMILES string of the molecule is CC[C@H](C)[C@H](C(=O)OCC(=O)Nc1ccc(F)cc1F)c1ccccc1. The van der Waals surface area contributed by atoms with Crippen LogP contribution in [0.1, 0.15) is 31.7 Å². The first-order valence-electron chi connectivity index (χ1n) is 8.38. The van der Waals surface area contributed by atoms with Crippen LogP contribution in [0.5, 0.6) is 0 Å². The maximum Gasteiger partial charge on any atom is 0.314 e. The molecule has 0 saturated heterocycles. The van der Waals surface area contributed by atoms with E-state index in [1.165, 1.54) is 0 Å². The van der Waals surface area contributed by atoms with Crippen molar-refractivity contribution >= 4 is 17.6 Å². The van der Waals surface area contributed by atoms with Gasteiger partial charge >= 0.3 is 5.97 Å². The largest absolute Gasteiger partial charge is 0.455 e. The molecule has 0 aromatic heterocycles. The van der Waals surface area contributed by atoms with Gasteiger partial charge in [-0.3, -0.25) is 9.59 Å². The molecule has 0 spiro atoms. The van der Waals surface area contributed by atoms with Gasteiger partial charge in [-0.1, -0.05) is 50.6 Å². The maximum absolute atomic E-state index is 13.5. The molecule has 2 rings (SSSR count). The molecule has 0 bridgehead atoms. The van der Waals surface area contributed by atoms with Crippen molar-refractivity contribution in [3.8, 4) is 0 Å². The number of hydrogen-bond acceptors (Lipinski definition) is 3. The van der Waals surface area contributed by atoms with Crippen molar-refractivity contribution in [1.82, 2.24) is 0 Å². The smallest absolute Gasteiger partial charge is 0.314 e. The van der Waals surface area contributed by atoms with E-state index in [-0.39, 0.29) is 11.6 Å². The van der Waals surface area contributed by atoms with Crippen molar-refractivity contribution in [2.75, 3.05) is 11.9 Å². The Bertz CT molecular complexity index is 765. The normalized spacial score (nSPS) is 12.9. The number of carbonyl (C=O) groups excluding carboxylic acids is 2. The Hall–Kier alpha value is -2.76. The zero-order valence-corrected chi connectivity index (χ0v) is 14.7. The zero-order chi connectivity index (χ0) is 19.1. The highest BCUT2D eigenvalue weighted by Gasteiger charge is 2.27. The number of esters is 1. The molecule has 1 N–H and O–H groups in total. The predicted molar refractivity (Wildman–Crippen MR) is 94.6 cm³/mol. The van der Waals surface area contributed by atoms with Crippen molar-refractivity contribution < 1.29 is 23.1 Å². The first-order chi connectivity index (χ1) is 12.4. The third-order valence-electron chi connectivity index (χ3n) is 4.18. The Balaban J connectivity index is 1.99. The summed E-state index contributed by atoms with van der Waals surface area (Å²) in [6.45, 7) is 3.36. The van der Waals surface area contributed by atoms with Crippen molar-refractivity contribution in [1.29, 1.82) is 0 Å². The molecule has 0 fully saturated rings. The van der Waals surface area contributed by atoms with E-state index >= 15 is 0 Å². The van der Waals surface area contributed by atoms with Crippen molar-refractivity contribution in [2.24, 2.45) is 5.92 Å². The number of nitrogens with one attached hydrogen (secondary N) is 1. The fourth-order valence-corrected chi connectivity index (χ4v) is 2.60. The van der Waals surface area contributed by atoms with Crippen LogP contribution in [0.25, 0.3) is 0 Å². The van der Waals surface area contributed by atoms with Gasteiger partial charge in [0.05, 0.1) is 11.6 Å². The standard InChI is InChI=1S/C20H21F2NO3/c1-3-13(2)19(14-7-5-4-6-8-14)20(25)26-12-18(24)23-17-10-9-15(21)11-16(17)22/h4-11,13,19H,3,12H2,1-2H3,(H,23,24)/t13-,19-/m0/s1. The summed E-state index contributed by atoms with van der Waals surface area (Å²) in [4.78, 5) is 24.4. The van der Waals surface area contributed by atoms with Crippen LogP contribution in [0, 0.1) is 17.6 Å². The van der Waals surface area contributed by atoms with Gasteiger partial charge in [-0.15, -0.1) is 0 Å². The van der Waals surface area contributed by atoms with Crippen LogP contribution in [-0.4, -0.2) is 18.5 Å². The van der Waals surface area contributed by atoms with Crippen LogP contribution in [0.4, 0.5) is 14.5 Å². The number of benzene rings is 2. The number of hydrogen-bond donors (Lipinski definition) is 1. The van der Waals surface area contributed by atoms with Gasteiger partial charge in [-0.25, -0.2) is 8.78 Å². The molecular weight excluding hydrogens is 340 g/mol. The maximum atomic E-state index is 13.5. The minimum absolute atomic E-state index is 0.0301. The van der Waals surface area contributed by atoms with Gasteiger partial charge in [0.25, 0.3) is 5.91 Å². The zero-order valence-electron chi connectivity index (χ0n) is 14.7. The topological polar surface area (TPSA) is 55.4 Å². The van der Waals surface area contributed by atoms with Crippen LogP contribution in [0.15, 0.2) is 48.5 Å². The van der Waals surface area contributed by atoms with Gasteiger partial charge in [-0.2, -0.15) is 0 Å². The Morgan fingerprint density at radius 1 is 1.12 bits per heavy atom. The molecule has 1 amide bonds. The molecule has 0 aliphatic heterocycles. The van der Waals surface area contributed by atoms with Crippen LogP contribution >= 0.6 is 0 Å². The van der Waals surface area contributed by atoms with Crippen molar-refractivity contribution in [3.05, 3.63) is 65.7 Å². The number of anilines is 1. The van der Waals surface area contributed by atoms with Crippen molar-refractivity contribution in [3.63, 3.8) is 0 Å². The summed E-state index contributed by atoms with van der Waals surface area (Å²) in [5.74, 6) is -3.31. The highest BCUT2D eigenvalue weighted by Crippen LogP contribution is 2.28. The molecule has 2 aromatic rings. The summed E-state index contributed by atoms with van der Waals surface area (Å²) in [7, 11) is 0. The molecule has 138 valence electrons. The average molecular weight is 361 g/mol. The fourth-order valence-electron chi connectivity index (χ4n) is 2.60. The molecule has 4 nitrogen and oxygen atoms in total. The number of carbonyl (C=O) groups is 2. The molecular formula is C20H21F2NO3. The predicted octanol–water partition coefficient (Wildman–Crippen LogP) is 4.28. The lowest BCUT2D eigenvalue weighted by Gasteiger charge is -2.21.